The molecule has 3 rings (SSSR count). The number of hydrogen-bond acceptors (Lipinski definition) is 7. The molecular weight excluding hydrogens is 617 g/mol. The number of hydrogen-bond donors (Lipinski definition) is 4. The first-order valence-corrected chi connectivity index (χ1v) is 11.3. The molecule has 21 heteroatoms. The Hall–Kier alpha value is -4.43. The maximum absolute atomic E-state index is 12.2. The molecule has 0 atom stereocenters. The van der Waals surface area contributed by atoms with Crippen molar-refractivity contribution in [1.29, 1.82) is 0 Å². The van der Waals surface area contributed by atoms with Gasteiger partial charge in [0.05, 0.1) is 12.7 Å². The summed E-state index contributed by atoms with van der Waals surface area (Å²) < 4.78 is 97.2. The zero-order chi connectivity index (χ0) is 33.8. The lowest BCUT2D eigenvalue weighted by Crippen LogP contribution is -2.37. The Labute approximate surface area is 235 Å². The lowest BCUT2D eigenvalue weighted by Gasteiger charge is -2.28. The number of aliphatic carboxylic acids is 3. The number of halogens is 9. The van der Waals surface area contributed by atoms with Crippen LogP contribution < -0.4 is 5.32 Å². The fourth-order valence-corrected chi connectivity index (χ4v) is 2.71. The number of carboxylic acid groups (broad SMARTS) is 3. The van der Waals surface area contributed by atoms with Crippen LogP contribution in [-0.2, 0) is 34.0 Å². The molecular formula is C22H24F9N5O7. The molecule has 0 aliphatic carbocycles. The number of nitrogens with zero attached hydrogens (tertiary/aromatic N) is 4. The number of nitrogens with one attached hydrogen (secondary N) is 1. The zero-order valence-electron chi connectivity index (χ0n) is 22.0. The minimum absolute atomic E-state index is 0.0468. The number of aromatic nitrogens is 3. The summed E-state index contributed by atoms with van der Waals surface area (Å²) in [5.41, 5.74) is 1.85. The van der Waals surface area contributed by atoms with Gasteiger partial charge in [0, 0.05) is 38.1 Å². The minimum atomic E-state index is -5.08. The van der Waals surface area contributed by atoms with Crippen LogP contribution in [0.4, 0.5) is 39.5 Å². The Kier molecular flexibility index (Phi) is 14.6. The van der Waals surface area contributed by atoms with Crippen molar-refractivity contribution in [2.24, 2.45) is 0 Å². The van der Waals surface area contributed by atoms with Crippen molar-refractivity contribution in [3.8, 4) is 0 Å². The maximum Gasteiger partial charge on any atom is 0.490 e. The van der Waals surface area contributed by atoms with E-state index in [-0.39, 0.29) is 11.9 Å². The minimum Gasteiger partial charge on any atom is -0.475 e. The van der Waals surface area contributed by atoms with Gasteiger partial charge in [-0.15, -0.1) is 0 Å². The topological polar surface area (TPSA) is 175 Å². The van der Waals surface area contributed by atoms with Gasteiger partial charge < -0.3 is 25.2 Å². The fraction of sp³-hybridized carbons (Fsp3) is 0.455. The van der Waals surface area contributed by atoms with Crippen LogP contribution in [-0.4, -0.2) is 89.7 Å². The average Bonchev–Trinajstić information content (AvgIpc) is 3.27. The van der Waals surface area contributed by atoms with E-state index in [2.05, 4.69) is 26.3 Å². The first kappa shape index (κ1) is 38.6. The highest BCUT2D eigenvalue weighted by Crippen LogP contribution is 2.17. The van der Waals surface area contributed by atoms with Crippen LogP contribution in [0.3, 0.4) is 0 Å². The van der Waals surface area contributed by atoms with Gasteiger partial charge in [-0.25, -0.2) is 19.4 Å². The molecule has 0 radical (unpaired) electrons. The van der Waals surface area contributed by atoms with Crippen molar-refractivity contribution in [3.05, 3.63) is 47.8 Å². The Balaban J connectivity index is 0.000000690. The van der Waals surface area contributed by atoms with Gasteiger partial charge in [0.1, 0.15) is 11.5 Å². The van der Waals surface area contributed by atoms with Gasteiger partial charge >= 0.3 is 36.4 Å². The number of alkyl halides is 9. The smallest absolute Gasteiger partial charge is 0.475 e. The van der Waals surface area contributed by atoms with Gasteiger partial charge in [-0.3, -0.25) is 14.7 Å². The highest BCUT2D eigenvalue weighted by Gasteiger charge is 2.39. The lowest BCUT2D eigenvalue weighted by molar-refractivity contribution is -0.193. The van der Waals surface area contributed by atoms with Crippen LogP contribution in [0.1, 0.15) is 35.7 Å². The number of imidazole rings is 1. The van der Waals surface area contributed by atoms with E-state index in [0.717, 1.165) is 32.0 Å². The lowest BCUT2D eigenvalue weighted by atomic mass is 10.2. The first-order valence-electron chi connectivity index (χ1n) is 11.3. The summed E-state index contributed by atoms with van der Waals surface area (Å²) in [5.74, 6) is -7.37. The molecule has 43 heavy (non-hydrogen) atoms. The number of carbonyl (C=O) groups is 4. The van der Waals surface area contributed by atoms with Crippen LogP contribution in [0.25, 0.3) is 0 Å². The van der Waals surface area contributed by atoms with Gasteiger partial charge in [-0.05, 0) is 25.5 Å². The number of carboxylic acids is 3. The standard InChI is InChI=1S/C16H21N5O.3C2HF3O2/c1-12(2)19-16(22)14-9-18-15-11-20(6-7-21(14)15)10-13-4-3-5-17-8-13;3*3-2(4,5)1(6)7/h3-5,8-9,12H,6-7,10-11H2,1-2H3,(H,19,22);3*(H,6,7). The molecule has 1 aliphatic rings. The molecule has 0 aromatic carbocycles. The molecule has 2 aromatic rings. The summed E-state index contributed by atoms with van der Waals surface area (Å²) in [7, 11) is 0. The predicted octanol–water partition coefficient (Wildman–Crippen LogP) is 3.33. The summed E-state index contributed by atoms with van der Waals surface area (Å²) in [4.78, 5) is 49.7. The van der Waals surface area contributed by atoms with Crippen molar-refractivity contribution < 1.29 is 74.0 Å². The number of fused-ring (bicyclic) bond motifs is 1. The molecule has 0 saturated heterocycles. The molecule has 1 aliphatic heterocycles. The number of amides is 1. The first-order chi connectivity index (χ1) is 19.5. The highest BCUT2D eigenvalue weighted by atomic mass is 19.4. The normalized spacial score (nSPS) is 13.1. The van der Waals surface area contributed by atoms with Crippen LogP contribution in [0.5, 0.6) is 0 Å². The molecule has 1 amide bonds. The van der Waals surface area contributed by atoms with E-state index in [1.165, 1.54) is 5.56 Å². The van der Waals surface area contributed by atoms with Crippen LogP contribution >= 0.6 is 0 Å². The van der Waals surface area contributed by atoms with Gasteiger partial charge in [-0.2, -0.15) is 39.5 Å². The van der Waals surface area contributed by atoms with Crippen molar-refractivity contribution in [1.82, 2.24) is 24.8 Å². The molecule has 0 fully saturated rings. The molecule has 0 unspecified atom stereocenters. The quantitative estimate of drug-likeness (QED) is 0.363. The van der Waals surface area contributed by atoms with E-state index in [4.69, 9.17) is 29.7 Å². The highest BCUT2D eigenvalue weighted by molar-refractivity contribution is 5.92. The molecule has 0 saturated carbocycles. The van der Waals surface area contributed by atoms with Crippen molar-refractivity contribution in [2.45, 2.75) is 58.1 Å². The molecule has 0 bridgehead atoms. The van der Waals surface area contributed by atoms with E-state index in [1.807, 2.05) is 30.7 Å². The molecule has 2 aromatic heterocycles. The molecule has 4 N–H and O–H groups in total. The summed E-state index contributed by atoms with van der Waals surface area (Å²) >= 11 is 0. The third kappa shape index (κ3) is 15.4. The largest absolute Gasteiger partial charge is 0.490 e. The second-order valence-corrected chi connectivity index (χ2v) is 8.32. The van der Waals surface area contributed by atoms with Gasteiger partial charge in [0.25, 0.3) is 5.91 Å². The monoisotopic (exact) mass is 641 g/mol. The predicted molar refractivity (Wildman–Crippen MR) is 124 cm³/mol. The van der Waals surface area contributed by atoms with Crippen LogP contribution in [0.15, 0.2) is 30.7 Å². The summed E-state index contributed by atoms with van der Waals surface area (Å²) in [6.45, 7) is 7.22. The SMILES string of the molecule is CC(C)NC(=O)c1cnc2n1CCN(Cc1cccnc1)C2.O=C(O)C(F)(F)F.O=C(O)C(F)(F)F.O=C(O)C(F)(F)F. The summed E-state index contributed by atoms with van der Waals surface area (Å²) in [6.07, 6.45) is -9.89. The zero-order valence-corrected chi connectivity index (χ0v) is 22.0. The summed E-state index contributed by atoms with van der Waals surface area (Å²) in [5, 5.41) is 24.3. The second kappa shape index (κ2) is 16.3. The number of carbonyl (C=O) groups excluding carboxylic acids is 1. The third-order valence-corrected chi connectivity index (χ3v) is 4.45. The van der Waals surface area contributed by atoms with Gasteiger partial charge in [-0.1, -0.05) is 6.07 Å². The second-order valence-electron chi connectivity index (χ2n) is 8.32. The van der Waals surface area contributed by atoms with E-state index >= 15 is 0 Å². The van der Waals surface area contributed by atoms with Crippen LogP contribution in [0.2, 0.25) is 0 Å². The van der Waals surface area contributed by atoms with Gasteiger partial charge in [0.15, 0.2) is 0 Å². The maximum atomic E-state index is 12.2. The molecule has 12 nitrogen and oxygen atoms in total. The molecule has 0 spiro atoms. The fourth-order valence-electron chi connectivity index (χ4n) is 2.71. The molecule has 242 valence electrons. The number of pyridine rings is 1. The van der Waals surface area contributed by atoms with E-state index in [9.17, 15) is 44.3 Å². The third-order valence-electron chi connectivity index (χ3n) is 4.45. The van der Waals surface area contributed by atoms with Crippen molar-refractivity contribution >= 4 is 23.8 Å². The Bertz CT molecular complexity index is 1160. The Morgan fingerprint density at radius 1 is 0.860 bits per heavy atom. The van der Waals surface area contributed by atoms with E-state index < -0.39 is 36.4 Å². The number of rotatable bonds is 4. The Morgan fingerprint density at radius 2 is 1.33 bits per heavy atom. The average molecular weight is 641 g/mol. The molecule has 3 heterocycles. The van der Waals surface area contributed by atoms with Crippen molar-refractivity contribution in [3.63, 3.8) is 0 Å². The summed E-state index contributed by atoms with van der Waals surface area (Å²) in [6, 6.07) is 4.16. The van der Waals surface area contributed by atoms with E-state index in [0.29, 0.717) is 5.69 Å². The van der Waals surface area contributed by atoms with Crippen molar-refractivity contribution in [2.75, 3.05) is 6.54 Å². The Morgan fingerprint density at radius 3 is 1.70 bits per heavy atom. The van der Waals surface area contributed by atoms with E-state index in [1.54, 1.807) is 12.4 Å². The van der Waals surface area contributed by atoms with Gasteiger partial charge in [0.2, 0.25) is 0 Å². The van der Waals surface area contributed by atoms with Crippen LogP contribution in [0, 0.1) is 0 Å².